The summed E-state index contributed by atoms with van der Waals surface area (Å²) in [6, 6.07) is 17.6. The molecular formula is C27H26N2O4. The molecule has 0 unspecified atom stereocenters. The molecule has 1 heterocycles. The van der Waals surface area contributed by atoms with E-state index in [0.717, 1.165) is 57.8 Å². The number of benzene rings is 3. The second kappa shape index (κ2) is 7.96. The Hall–Kier alpha value is -3.80. The molecule has 6 nitrogen and oxygen atoms in total. The normalized spacial score (nSPS) is 15.1. The number of anilines is 2. The number of hydrogen-bond donors (Lipinski definition) is 2. The number of carbonyl (C=O) groups is 2. The van der Waals surface area contributed by atoms with Crippen molar-refractivity contribution in [1.82, 2.24) is 0 Å². The van der Waals surface area contributed by atoms with Gasteiger partial charge in [0.15, 0.2) is 11.5 Å². The first-order valence-corrected chi connectivity index (χ1v) is 11.1. The van der Waals surface area contributed by atoms with Gasteiger partial charge >= 0.3 is 0 Å². The summed E-state index contributed by atoms with van der Waals surface area (Å²) in [6.45, 7) is 5.78. The lowest BCUT2D eigenvalue weighted by Gasteiger charge is -2.18. The monoisotopic (exact) mass is 442 g/mol. The zero-order chi connectivity index (χ0) is 23.2. The Balaban J connectivity index is 1.40. The van der Waals surface area contributed by atoms with E-state index in [1.165, 1.54) is 6.92 Å². The Morgan fingerprint density at radius 3 is 2.24 bits per heavy atom. The van der Waals surface area contributed by atoms with Gasteiger partial charge in [0.1, 0.15) is 0 Å². The topological polar surface area (TPSA) is 76.7 Å². The van der Waals surface area contributed by atoms with Crippen LogP contribution in [0, 0.1) is 13.8 Å². The number of ether oxygens (including phenoxy) is 2. The predicted octanol–water partition coefficient (Wildman–Crippen LogP) is 5.33. The molecule has 3 aromatic carbocycles. The van der Waals surface area contributed by atoms with Crippen molar-refractivity contribution in [3.8, 4) is 22.6 Å². The summed E-state index contributed by atoms with van der Waals surface area (Å²) in [5.74, 6) is 1.31. The summed E-state index contributed by atoms with van der Waals surface area (Å²) in [5.41, 5.74) is 6.24. The van der Waals surface area contributed by atoms with E-state index >= 15 is 0 Å². The molecule has 0 aromatic heterocycles. The SMILES string of the molecule is CC(=O)Nc1ccc(-c2cc(NC(=O)C3(c4ccc5c(c4)OCO5)CC3)ccc2C)c(C)c1. The van der Waals surface area contributed by atoms with Gasteiger partial charge in [-0.2, -0.15) is 0 Å². The van der Waals surface area contributed by atoms with Gasteiger partial charge in [-0.15, -0.1) is 0 Å². The largest absolute Gasteiger partial charge is 0.454 e. The molecule has 1 saturated carbocycles. The minimum absolute atomic E-state index is 0.00565. The van der Waals surface area contributed by atoms with E-state index in [4.69, 9.17) is 9.47 Å². The van der Waals surface area contributed by atoms with Crippen LogP contribution in [0.3, 0.4) is 0 Å². The molecular weight excluding hydrogens is 416 g/mol. The van der Waals surface area contributed by atoms with Gasteiger partial charge in [0.05, 0.1) is 5.41 Å². The Morgan fingerprint density at radius 2 is 1.52 bits per heavy atom. The van der Waals surface area contributed by atoms with Crippen molar-refractivity contribution >= 4 is 23.2 Å². The lowest BCUT2D eigenvalue weighted by atomic mass is 9.93. The summed E-state index contributed by atoms with van der Waals surface area (Å²) in [5, 5.41) is 5.96. The third-order valence-corrected chi connectivity index (χ3v) is 6.44. The quantitative estimate of drug-likeness (QED) is 0.560. The molecule has 33 heavy (non-hydrogen) atoms. The van der Waals surface area contributed by atoms with Crippen molar-refractivity contribution in [2.24, 2.45) is 0 Å². The molecule has 5 rings (SSSR count). The van der Waals surface area contributed by atoms with Gasteiger partial charge in [-0.25, -0.2) is 0 Å². The Morgan fingerprint density at radius 1 is 0.788 bits per heavy atom. The van der Waals surface area contributed by atoms with E-state index in [9.17, 15) is 9.59 Å². The molecule has 1 aliphatic carbocycles. The lowest BCUT2D eigenvalue weighted by Crippen LogP contribution is -2.27. The maximum absolute atomic E-state index is 13.3. The fourth-order valence-corrected chi connectivity index (χ4v) is 4.45. The molecule has 0 bridgehead atoms. The van der Waals surface area contributed by atoms with E-state index in [-0.39, 0.29) is 18.6 Å². The highest BCUT2D eigenvalue weighted by atomic mass is 16.7. The maximum Gasteiger partial charge on any atom is 0.235 e. The molecule has 6 heteroatoms. The minimum Gasteiger partial charge on any atom is -0.454 e. The molecule has 1 fully saturated rings. The van der Waals surface area contributed by atoms with E-state index in [1.54, 1.807) is 0 Å². The average Bonchev–Trinajstić information content (AvgIpc) is 3.46. The van der Waals surface area contributed by atoms with Gasteiger partial charge in [0.25, 0.3) is 0 Å². The zero-order valence-corrected chi connectivity index (χ0v) is 19.0. The summed E-state index contributed by atoms with van der Waals surface area (Å²) in [6.07, 6.45) is 1.61. The second-order valence-electron chi connectivity index (χ2n) is 8.84. The van der Waals surface area contributed by atoms with Crippen molar-refractivity contribution in [1.29, 1.82) is 0 Å². The first-order valence-electron chi connectivity index (χ1n) is 11.1. The number of aryl methyl sites for hydroxylation is 2. The lowest BCUT2D eigenvalue weighted by molar-refractivity contribution is -0.118. The number of fused-ring (bicyclic) bond motifs is 1. The molecule has 1 aliphatic heterocycles. The van der Waals surface area contributed by atoms with Gasteiger partial charge in [0, 0.05) is 18.3 Å². The number of carbonyl (C=O) groups excluding carboxylic acids is 2. The summed E-state index contributed by atoms with van der Waals surface area (Å²) < 4.78 is 10.9. The van der Waals surface area contributed by atoms with Crippen LogP contribution in [-0.2, 0) is 15.0 Å². The Labute approximate surface area is 192 Å². The minimum atomic E-state index is -0.526. The third-order valence-electron chi connectivity index (χ3n) is 6.44. The van der Waals surface area contributed by atoms with Crippen molar-refractivity contribution in [3.05, 3.63) is 71.3 Å². The molecule has 3 aromatic rings. The van der Waals surface area contributed by atoms with E-state index in [1.807, 2.05) is 61.5 Å². The van der Waals surface area contributed by atoms with Crippen LogP contribution in [0.4, 0.5) is 11.4 Å². The average molecular weight is 443 g/mol. The van der Waals surface area contributed by atoms with Crippen LogP contribution in [0.1, 0.15) is 36.5 Å². The van der Waals surface area contributed by atoms with E-state index in [0.29, 0.717) is 5.75 Å². The second-order valence-corrected chi connectivity index (χ2v) is 8.84. The fourth-order valence-electron chi connectivity index (χ4n) is 4.45. The summed E-state index contributed by atoms with van der Waals surface area (Å²) in [4.78, 5) is 24.7. The molecule has 2 amide bonds. The Bertz CT molecular complexity index is 1280. The van der Waals surface area contributed by atoms with Crippen LogP contribution in [0.25, 0.3) is 11.1 Å². The molecule has 0 saturated heterocycles. The molecule has 168 valence electrons. The summed E-state index contributed by atoms with van der Waals surface area (Å²) in [7, 11) is 0. The highest BCUT2D eigenvalue weighted by Gasteiger charge is 2.51. The van der Waals surface area contributed by atoms with E-state index in [2.05, 4.69) is 17.6 Å². The number of rotatable bonds is 5. The van der Waals surface area contributed by atoms with Gasteiger partial charge in [0.2, 0.25) is 18.6 Å². The van der Waals surface area contributed by atoms with Crippen LogP contribution < -0.4 is 20.1 Å². The molecule has 2 N–H and O–H groups in total. The highest BCUT2D eigenvalue weighted by molar-refractivity contribution is 6.02. The van der Waals surface area contributed by atoms with Crippen LogP contribution in [-0.4, -0.2) is 18.6 Å². The number of nitrogens with one attached hydrogen (secondary N) is 2. The highest BCUT2D eigenvalue weighted by Crippen LogP contribution is 2.51. The fraction of sp³-hybridized carbons (Fsp3) is 0.259. The molecule has 2 aliphatic rings. The number of amides is 2. The van der Waals surface area contributed by atoms with Gasteiger partial charge in [-0.1, -0.05) is 18.2 Å². The first kappa shape index (κ1) is 21.1. The smallest absolute Gasteiger partial charge is 0.235 e. The Kier molecular flexibility index (Phi) is 5.08. The van der Waals surface area contributed by atoms with Crippen LogP contribution in [0.5, 0.6) is 11.5 Å². The van der Waals surface area contributed by atoms with Gasteiger partial charge < -0.3 is 20.1 Å². The zero-order valence-electron chi connectivity index (χ0n) is 19.0. The first-order chi connectivity index (χ1) is 15.9. The maximum atomic E-state index is 13.3. The van der Waals surface area contributed by atoms with Crippen molar-refractivity contribution in [2.75, 3.05) is 17.4 Å². The van der Waals surface area contributed by atoms with Crippen LogP contribution in [0.15, 0.2) is 54.6 Å². The third kappa shape index (κ3) is 3.93. The predicted molar refractivity (Wildman–Crippen MR) is 128 cm³/mol. The van der Waals surface area contributed by atoms with Crippen LogP contribution >= 0.6 is 0 Å². The van der Waals surface area contributed by atoms with Crippen molar-refractivity contribution in [3.63, 3.8) is 0 Å². The molecule has 0 radical (unpaired) electrons. The van der Waals surface area contributed by atoms with Crippen molar-refractivity contribution < 1.29 is 19.1 Å². The summed E-state index contributed by atoms with van der Waals surface area (Å²) >= 11 is 0. The van der Waals surface area contributed by atoms with Gasteiger partial charge in [-0.05, 0) is 90.9 Å². The molecule has 0 atom stereocenters. The molecule has 0 spiro atoms. The van der Waals surface area contributed by atoms with E-state index < -0.39 is 5.41 Å². The standard InChI is InChI=1S/C27H26N2O4/c1-16-4-6-21(14-23(16)22-8-7-20(12-17(22)2)28-18(3)30)29-26(31)27(10-11-27)19-5-9-24-25(13-19)33-15-32-24/h4-9,12-14H,10-11,15H2,1-3H3,(H,28,30)(H,29,31). The van der Waals surface area contributed by atoms with Crippen LogP contribution in [0.2, 0.25) is 0 Å². The van der Waals surface area contributed by atoms with Crippen molar-refractivity contribution in [2.45, 2.75) is 39.0 Å². The number of hydrogen-bond acceptors (Lipinski definition) is 4. The van der Waals surface area contributed by atoms with Gasteiger partial charge in [-0.3, -0.25) is 9.59 Å².